The first-order valence-corrected chi connectivity index (χ1v) is 7.24. The minimum atomic E-state index is 0.505. The third-order valence-corrected chi connectivity index (χ3v) is 4.17. The van der Waals surface area contributed by atoms with Crippen molar-refractivity contribution in [1.29, 1.82) is 0 Å². The SMILES string of the molecule is CC1CC(n2cc3ccc(Br)cc3n2)CN(C)C1. The highest BCUT2D eigenvalue weighted by molar-refractivity contribution is 9.10. The molecule has 0 spiro atoms. The Bertz CT molecular complexity index is 553. The summed E-state index contributed by atoms with van der Waals surface area (Å²) in [6, 6.07) is 6.79. The van der Waals surface area contributed by atoms with E-state index in [0.717, 1.165) is 22.5 Å². The van der Waals surface area contributed by atoms with Crippen LogP contribution in [0.3, 0.4) is 0 Å². The number of piperidine rings is 1. The van der Waals surface area contributed by atoms with E-state index in [4.69, 9.17) is 5.10 Å². The van der Waals surface area contributed by atoms with Crippen LogP contribution in [0.2, 0.25) is 0 Å². The molecule has 2 unspecified atom stereocenters. The van der Waals surface area contributed by atoms with Gasteiger partial charge in [-0.25, -0.2) is 0 Å². The fourth-order valence-electron chi connectivity index (χ4n) is 2.97. The zero-order chi connectivity index (χ0) is 12.7. The number of halogens is 1. The van der Waals surface area contributed by atoms with Gasteiger partial charge in [-0.05, 0) is 31.5 Å². The lowest BCUT2D eigenvalue weighted by atomic mass is 9.96. The lowest BCUT2D eigenvalue weighted by molar-refractivity contribution is 0.157. The van der Waals surface area contributed by atoms with Gasteiger partial charge in [-0.1, -0.05) is 28.9 Å². The molecule has 0 amide bonds. The Hall–Kier alpha value is -0.870. The lowest BCUT2D eigenvalue weighted by Gasteiger charge is -2.34. The van der Waals surface area contributed by atoms with Crippen molar-refractivity contribution in [3.8, 4) is 0 Å². The summed E-state index contributed by atoms with van der Waals surface area (Å²) in [6.45, 7) is 4.62. The summed E-state index contributed by atoms with van der Waals surface area (Å²) in [5.74, 6) is 0.743. The third kappa shape index (κ3) is 2.31. The van der Waals surface area contributed by atoms with Crippen LogP contribution >= 0.6 is 15.9 Å². The summed E-state index contributed by atoms with van der Waals surface area (Å²) in [7, 11) is 2.20. The Balaban J connectivity index is 1.93. The van der Waals surface area contributed by atoms with Gasteiger partial charge in [0.1, 0.15) is 0 Å². The number of nitrogens with zero attached hydrogens (tertiary/aromatic N) is 3. The number of fused-ring (bicyclic) bond motifs is 1. The molecule has 18 heavy (non-hydrogen) atoms. The predicted octanol–water partition coefficient (Wildman–Crippen LogP) is 3.31. The number of rotatable bonds is 1. The molecule has 0 radical (unpaired) electrons. The summed E-state index contributed by atoms with van der Waals surface area (Å²) in [5.41, 5.74) is 1.07. The van der Waals surface area contributed by atoms with Gasteiger partial charge in [0.2, 0.25) is 0 Å². The molecule has 2 heterocycles. The molecule has 1 aliphatic rings. The summed E-state index contributed by atoms with van der Waals surface area (Å²) >= 11 is 3.50. The molecular weight excluding hydrogens is 290 g/mol. The van der Waals surface area contributed by atoms with Gasteiger partial charge in [0.05, 0.1) is 11.6 Å². The van der Waals surface area contributed by atoms with Crippen LogP contribution in [-0.4, -0.2) is 34.8 Å². The molecule has 1 fully saturated rings. The highest BCUT2D eigenvalue weighted by Gasteiger charge is 2.24. The Morgan fingerprint density at radius 3 is 2.94 bits per heavy atom. The number of likely N-dealkylation sites (N-methyl/N-ethyl adjacent to an activating group) is 1. The first-order valence-electron chi connectivity index (χ1n) is 6.45. The minimum Gasteiger partial charge on any atom is -0.304 e. The fraction of sp³-hybridized carbons (Fsp3) is 0.500. The van der Waals surface area contributed by atoms with Crippen molar-refractivity contribution >= 4 is 26.8 Å². The molecular formula is C14H18BrN3. The molecule has 1 aromatic heterocycles. The number of hydrogen-bond acceptors (Lipinski definition) is 2. The zero-order valence-electron chi connectivity index (χ0n) is 10.8. The second-order valence-electron chi connectivity index (χ2n) is 5.53. The Labute approximate surface area is 116 Å². The fourth-order valence-corrected chi connectivity index (χ4v) is 3.32. The van der Waals surface area contributed by atoms with E-state index in [-0.39, 0.29) is 0 Å². The summed E-state index contributed by atoms with van der Waals surface area (Å²) in [6.07, 6.45) is 3.40. The molecule has 1 aromatic carbocycles. The van der Waals surface area contributed by atoms with Crippen LogP contribution < -0.4 is 0 Å². The molecule has 0 bridgehead atoms. The van der Waals surface area contributed by atoms with E-state index in [1.807, 2.05) is 0 Å². The first kappa shape index (κ1) is 12.2. The van der Waals surface area contributed by atoms with Crippen molar-refractivity contribution in [2.24, 2.45) is 5.92 Å². The van der Waals surface area contributed by atoms with Gasteiger partial charge < -0.3 is 4.90 Å². The predicted molar refractivity (Wildman–Crippen MR) is 77.7 cm³/mol. The van der Waals surface area contributed by atoms with Gasteiger partial charge in [-0.15, -0.1) is 0 Å². The zero-order valence-corrected chi connectivity index (χ0v) is 12.4. The molecule has 1 aliphatic heterocycles. The second-order valence-corrected chi connectivity index (χ2v) is 6.44. The maximum Gasteiger partial charge on any atom is 0.0934 e. The Morgan fingerprint density at radius 2 is 2.17 bits per heavy atom. The Kier molecular flexibility index (Phi) is 3.16. The highest BCUT2D eigenvalue weighted by atomic mass is 79.9. The van der Waals surface area contributed by atoms with Crippen molar-refractivity contribution in [1.82, 2.24) is 14.7 Å². The average Bonchev–Trinajstić information content (AvgIpc) is 2.70. The molecule has 96 valence electrons. The Morgan fingerprint density at radius 1 is 1.33 bits per heavy atom. The van der Waals surface area contributed by atoms with Crippen LogP contribution in [0.1, 0.15) is 19.4 Å². The van der Waals surface area contributed by atoms with Crippen LogP contribution in [0.25, 0.3) is 10.9 Å². The van der Waals surface area contributed by atoms with Gasteiger partial charge in [0.25, 0.3) is 0 Å². The number of benzene rings is 1. The van der Waals surface area contributed by atoms with E-state index in [1.54, 1.807) is 0 Å². The lowest BCUT2D eigenvalue weighted by Crippen LogP contribution is -2.38. The van der Waals surface area contributed by atoms with Gasteiger partial charge in [0, 0.05) is 29.1 Å². The smallest absolute Gasteiger partial charge is 0.0934 e. The van der Waals surface area contributed by atoms with E-state index in [2.05, 4.69) is 63.9 Å². The highest BCUT2D eigenvalue weighted by Crippen LogP contribution is 2.26. The van der Waals surface area contributed by atoms with Gasteiger partial charge >= 0.3 is 0 Å². The number of aromatic nitrogens is 2. The maximum atomic E-state index is 4.73. The summed E-state index contributed by atoms with van der Waals surface area (Å²) in [5, 5.41) is 5.95. The largest absolute Gasteiger partial charge is 0.304 e. The van der Waals surface area contributed by atoms with Crippen LogP contribution in [0, 0.1) is 5.92 Å². The van der Waals surface area contributed by atoms with E-state index in [1.165, 1.54) is 18.4 Å². The van der Waals surface area contributed by atoms with Crippen LogP contribution in [0.4, 0.5) is 0 Å². The standard InChI is InChI=1S/C14H18BrN3/c1-10-5-13(9-17(2)7-10)18-8-11-3-4-12(15)6-14(11)16-18/h3-4,6,8,10,13H,5,7,9H2,1-2H3. The van der Waals surface area contributed by atoms with E-state index in [0.29, 0.717) is 6.04 Å². The third-order valence-electron chi connectivity index (χ3n) is 3.68. The van der Waals surface area contributed by atoms with Crippen molar-refractivity contribution in [3.05, 3.63) is 28.9 Å². The minimum absolute atomic E-state index is 0.505. The van der Waals surface area contributed by atoms with Crippen LogP contribution in [0.15, 0.2) is 28.9 Å². The van der Waals surface area contributed by atoms with E-state index in [9.17, 15) is 0 Å². The van der Waals surface area contributed by atoms with Crippen molar-refractivity contribution in [2.75, 3.05) is 20.1 Å². The van der Waals surface area contributed by atoms with Crippen LogP contribution in [-0.2, 0) is 0 Å². The molecule has 0 aliphatic carbocycles. The van der Waals surface area contributed by atoms with Gasteiger partial charge in [-0.3, -0.25) is 4.68 Å². The molecule has 3 rings (SSSR count). The molecule has 2 aromatic rings. The van der Waals surface area contributed by atoms with Gasteiger partial charge in [-0.2, -0.15) is 5.10 Å². The molecule has 0 N–H and O–H groups in total. The molecule has 0 saturated carbocycles. The van der Waals surface area contributed by atoms with Crippen molar-refractivity contribution in [3.63, 3.8) is 0 Å². The second kappa shape index (κ2) is 4.67. The van der Waals surface area contributed by atoms with Crippen LogP contribution in [0.5, 0.6) is 0 Å². The monoisotopic (exact) mass is 307 g/mol. The van der Waals surface area contributed by atoms with E-state index < -0.39 is 0 Å². The summed E-state index contributed by atoms with van der Waals surface area (Å²) < 4.78 is 3.25. The number of likely N-dealkylation sites (tertiary alicyclic amines) is 1. The van der Waals surface area contributed by atoms with E-state index >= 15 is 0 Å². The normalized spacial score (nSPS) is 25.7. The molecule has 1 saturated heterocycles. The van der Waals surface area contributed by atoms with Crippen molar-refractivity contribution in [2.45, 2.75) is 19.4 Å². The quantitative estimate of drug-likeness (QED) is 0.806. The molecule has 4 heteroatoms. The van der Waals surface area contributed by atoms with Gasteiger partial charge in [0.15, 0.2) is 0 Å². The number of hydrogen-bond donors (Lipinski definition) is 0. The van der Waals surface area contributed by atoms with Crippen molar-refractivity contribution < 1.29 is 0 Å². The summed E-state index contributed by atoms with van der Waals surface area (Å²) in [4.78, 5) is 2.40. The topological polar surface area (TPSA) is 21.1 Å². The average molecular weight is 308 g/mol. The first-order chi connectivity index (χ1) is 8.61. The maximum absolute atomic E-state index is 4.73. The molecule has 2 atom stereocenters. The molecule has 3 nitrogen and oxygen atoms in total.